The van der Waals surface area contributed by atoms with E-state index >= 15 is 0 Å². The van der Waals surface area contributed by atoms with Gasteiger partial charge >= 0.3 is 12.1 Å². The van der Waals surface area contributed by atoms with Gasteiger partial charge in [0.15, 0.2) is 0 Å². The molecule has 2 atom stereocenters. The van der Waals surface area contributed by atoms with Crippen LogP contribution in [0.5, 0.6) is 0 Å². The summed E-state index contributed by atoms with van der Waals surface area (Å²) in [5.41, 5.74) is -1.41. The molecular formula is C16H31N3O5. The predicted molar refractivity (Wildman–Crippen MR) is 89.8 cm³/mol. The van der Waals surface area contributed by atoms with Crippen molar-refractivity contribution in [2.45, 2.75) is 65.0 Å². The number of ether oxygens (including phenoxy) is 3. The maximum Gasteiger partial charge on any atom is 0.412 e. The zero-order valence-electron chi connectivity index (χ0n) is 15.8. The fourth-order valence-corrected chi connectivity index (χ4v) is 2.65. The molecule has 0 saturated carbocycles. The Bertz CT molecular complexity index is 447. The van der Waals surface area contributed by atoms with Crippen LogP contribution in [0.2, 0.25) is 0 Å². The number of amides is 3. The van der Waals surface area contributed by atoms with Crippen LogP contribution in [-0.4, -0.2) is 67.3 Å². The standard InChI is InChI=1S/C16H31N3O5/c1-11-12(10-18-13(20)17-8-9-22-7)19(16(5,6)23-11)14(21)24-15(2,3)4/h11-12H,8-10H2,1-7H3,(H2,17,18,20)/t11-,12-/m1/s1. The molecule has 1 fully saturated rings. The molecule has 140 valence electrons. The first-order chi connectivity index (χ1) is 11.0. The summed E-state index contributed by atoms with van der Waals surface area (Å²) < 4.78 is 16.2. The predicted octanol–water partition coefficient (Wildman–Crippen LogP) is 1.69. The molecular weight excluding hydrogens is 314 g/mol. The van der Waals surface area contributed by atoms with E-state index in [2.05, 4.69) is 10.6 Å². The smallest absolute Gasteiger partial charge is 0.412 e. The largest absolute Gasteiger partial charge is 0.444 e. The molecule has 0 radical (unpaired) electrons. The van der Waals surface area contributed by atoms with Crippen molar-refractivity contribution >= 4 is 12.1 Å². The number of hydrogen-bond donors (Lipinski definition) is 2. The van der Waals surface area contributed by atoms with Gasteiger partial charge in [-0.15, -0.1) is 0 Å². The van der Waals surface area contributed by atoms with E-state index in [0.717, 1.165) is 0 Å². The number of nitrogens with zero attached hydrogens (tertiary/aromatic N) is 1. The van der Waals surface area contributed by atoms with E-state index < -0.39 is 17.4 Å². The maximum absolute atomic E-state index is 12.6. The number of urea groups is 1. The molecule has 1 heterocycles. The molecule has 24 heavy (non-hydrogen) atoms. The first-order valence-electron chi connectivity index (χ1n) is 8.18. The van der Waals surface area contributed by atoms with Crippen molar-refractivity contribution in [2.75, 3.05) is 26.8 Å². The number of nitrogens with one attached hydrogen (secondary N) is 2. The quantitative estimate of drug-likeness (QED) is 0.740. The molecule has 8 nitrogen and oxygen atoms in total. The Labute approximate surface area is 144 Å². The summed E-state index contributed by atoms with van der Waals surface area (Å²) >= 11 is 0. The Morgan fingerprint density at radius 3 is 2.42 bits per heavy atom. The van der Waals surface area contributed by atoms with E-state index in [-0.39, 0.29) is 24.7 Å². The number of carbonyl (C=O) groups excluding carboxylic acids is 2. The number of carbonyl (C=O) groups is 2. The highest BCUT2D eigenvalue weighted by molar-refractivity contribution is 5.74. The first-order valence-corrected chi connectivity index (χ1v) is 8.18. The van der Waals surface area contributed by atoms with Gasteiger partial charge in [-0.2, -0.15) is 0 Å². The maximum atomic E-state index is 12.6. The van der Waals surface area contributed by atoms with Crippen molar-refractivity contribution in [3.05, 3.63) is 0 Å². The SMILES string of the molecule is COCCNC(=O)NC[C@@H]1[C@@H](C)OC(C)(C)N1C(=O)OC(C)(C)C. The lowest BCUT2D eigenvalue weighted by Crippen LogP contribution is -2.54. The Balaban J connectivity index is 2.71. The van der Waals surface area contributed by atoms with E-state index in [0.29, 0.717) is 13.2 Å². The summed E-state index contributed by atoms with van der Waals surface area (Å²) in [6.45, 7) is 12.1. The summed E-state index contributed by atoms with van der Waals surface area (Å²) in [6.07, 6.45) is -0.685. The van der Waals surface area contributed by atoms with Gasteiger partial charge in [0.1, 0.15) is 11.3 Å². The molecule has 1 rings (SSSR count). The van der Waals surface area contributed by atoms with Crippen molar-refractivity contribution in [2.24, 2.45) is 0 Å². The van der Waals surface area contributed by atoms with Crippen molar-refractivity contribution in [3.63, 3.8) is 0 Å². The highest BCUT2D eigenvalue weighted by Crippen LogP contribution is 2.33. The molecule has 1 aliphatic heterocycles. The summed E-state index contributed by atoms with van der Waals surface area (Å²) in [5.74, 6) is 0. The van der Waals surface area contributed by atoms with Crippen LogP contribution in [0.25, 0.3) is 0 Å². The number of rotatable bonds is 5. The fraction of sp³-hybridized carbons (Fsp3) is 0.875. The number of methoxy groups -OCH3 is 1. The molecule has 0 bridgehead atoms. The second-order valence-electron chi connectivity index (χ2n) is 7.32. The topological polar surface area (TPSA) is 89.1 Å². The molecule has 2 N–H and O–H groups in total. The molecule has 0 spiro atoms. The monoisotopic (exact) mass is 345 g/mol. The van der Waals surface area contributed by atoms with Gasteiger partial charge in [-0.25, -0.2) is 9.59 Å². The van der Waals surface area contributed by atoms with Crippen molar-refractivity contribution in [1.82, 2.24) is 15.5 Å². The van der Waals surface area contributed by atoms with Gasteiger partial charge in [-0.05, 0) is 41.5 Å². The second kappa shape index (κ2) is 8.02. The van der Waals surface area contributed by atoms with Crippen LogP contribution < -0.4 is 10.6 Å². The van der Waals surface area contributed by atoms with Crippen LogP contribution in [0.4, 0.5) is 9.59 Å². The molecule has 1 aliphatic rings. The lowest BCUT2D eigenvalue weighted by Gasteiger charge is -2.35. The summed E-state index contributed by atoms with van der Waals surface area (Å²) in [7, 11) is 1.57. The van der Waals surface area contributed by atoms with E-state index in [1.54, 1.807) is 12.0 Å². The van der Waals surface area contributed by atoms with Gasteiger partial charge in [0.05, 0.1) is 18.8 Å². The van der Waals surface area contributed by atoms with E-state index in [9.17, 15) is 9.59 Å². The van der Waals surface area contributed by atoms with Gasteiger partial charge in [0.2, 0.25) is 0 Å². The molecule has 3 amide bonds. The van der Waals surface area contributed by atoms with Crippen molar-refractivity contribution < 1.29 is 23.8 Å². The summed E-state index contributed by atoms with van der Waals surface area (Å²) in [4.78, 5) is 25.9. The minimum absolute atomic E-state index is 0.230. The van der Waals surface area contributed by atoms with Gasteiger partial charge in [0.25, 0.3) is 0 Å². The normalized spacial score (nSPS) is 23.0. The third-order valence-corrected chi connectivity index (χ3v) is 3.58. The third kappa shape index (κ3) is 5.83. The Morgan fingerprint density at radius 2 is 1.88 bits per heavy atom. The van der Waals surface area contributed by atoms with Gasteiger partial charge in [0, 0.05) is 20.2 Å². The highest BCUT2D eigenvalue weighted by atomic mass is 16.6. The van der Waals surface area contributed by atoms with Gasteiger partial charge < -0.3 is 24.8 Å². The fourth-order valence-electron chi connectivity index (χ4n) is 2.65. The minimum atomic E-state index is -0.805. The minimum Gasteiger partial charge on any atom is -0.444 e. The Hall–Kier alpha value is -1.54. The number of hydrogen-bond acceptors (Lipinski definition) is 5. The highest BCUT2D eigenvalue weighted by Gasteiger charge is 2.49. The zero-order chi connectivity index (χ0) is 18.5. The average molecular weight is 345 g/mol. The average Bonchev–Trinajstić information content (AvgIpc) is 2.63. The van der Waals surface area contributed by atoms with Crippen molar-refractivity contribution in [1.29, 1.82) is 0 Å². The lowest BCUT2D eigenvalue weighted by atomic mass is 10.1. The molecule has 0 aromatic carbocycles. The van der Waals surface area contributed by atoms with Crippen LogP contribution in [0, 0.1) is 0 Å². The van der Waals surface area contributed by atoms with E-state index in [4.69, 9.17) is 14.2 Å². The van der Waals surface area contributed by atoms with Crippen LogP contribution >= 0.6 is 0 Å². The molecule has 0 aromatic rings. The third-order valence-electron chi connectivity index (χ3n) is 3.58. The van der Waals surface area contributed by atoms with Crippen molar-refractivity contribution in [3.8, 4) is 0 Å². The summed E-state index contributed by atoms with van der Waals surface area (Å²) in [6, 6.07) is -0.629. The first kappa shape index (κ1) is 20.5. The van der Waals surface area contributed by atoms with Gasteiger partial charge in [-0.1, -0.05) is 0 Å². The molecule has 0 unspecified atom stereocenters. The van der Waals surface area contributed by atoms with Crippen LogP contribution in [0.3, 0.4) is 0 Å². The van der Waals surface area contributed by atoms with Crippen LogP contribution in [-0.2, 0) is 14.2 Å². The Kier molecular flexibility index (Phi) is 6.86. The molecule has 0 aliphatic carbocycles. The molecule has 0 aromatic heterocycles. The van der Waals surface area contributed by atoms with Crippen LogP contribution in [0.15, 0.2) is 0 Å². The molecule has 8 heteroatoms. The van der Waals surface area contributed by atoms with E-state index in [1.807, 2.05) is 41.5 Å². The van der Waals surface area contributed by atoms with Crippen LogP contribution in [0.1, 0.15) is 41.5 Å². The Morgan fingerprint density at radius 1 is 1.25 bits per heavy atom. The lowest BCUT2D eigenvalue weighted by molar-refractivity contribution is -0.0756. The summed E-state index contributed by atoms with van der Waals surface area (Å²) in [5, 5.41) is 5.44. The van der Waals surface area contributed by atoms with Gasteiger partial charge in [-0.3, -0.25) is 4.90 Å². The molecule has 1 saturated heterocycles. The second-order valence-corrected chi connectivity index (χ2v) is 7.32. The zero-order valence-corrected chi connectivity index (χ0v) is 15.8. The van der Waals surface area contributed by atoms with E-state index in [1.165, 1.54) is 0 Å².